The zero-order valence-electron chi connectivity index (χ0n) is 23.8. The molecule has 0 saturated heterocycles. The van der Waals surface area contributed by atoms with Crippen LogP contribution in [0.4, 0.5) is 0 Å². The summed E-state index contributed by atoms with van der Waals surface area (Å²) < 4.78 is 0. The van der Waals surface area contributed by atoms with E-state index in [9.17, 15) is 0 Å². The van der Waals surface area contributed by atoms with Gasteiger partial charge in [0.1, 0.15) is 0 Å². The van der Waals surface area contributed by atoms with Crippen molar-refractivity contribution in [3.63, 3.8) is 0 Å². The van der Waals surface area contributed by atoms with Crippen LogP contribution in [0.15, 0.2) is 0 Å². The molecule has 3 heteroatoms. The molecule has 1 aliphatic rings. The average molecular weight is 516 g/mol. The van der Waals surface area contributed by atoms with Crippen LogP contribution in [0.2, 0.25) is 0 Å². The fraction of sp³-hybridized carbons (Fsp3) is 0.724. The van der Waals surface area contributed by atoms with Gasteiger partial charge in [0.05, 0.1) is 0 Å². The Morgan fingerprint density at radius 3 is 1.34 bits per heavy atom. The van der Waals surface area contributed by atoms with Crippen molar-refractivity contribution in [2.75, 3.05) is 0 Å². The molecule has 2 unspecified atom stereocenters. The summed E-state index contributed by atoms with van der Waals surface area (Å²) in [6, 6.07) is 0.390. The molecule has 1 aromatic rings. The summed E-state index contributed by atoms with van der Waals surface area (Å²) in [5.74, 6) is 0.410. The summed E-state index contributed by atoms with van der Waals surface area (Å²) in [6.45, 7) is 40.3. The molecule has 0 spiro atoms. The van der Waals surface area contributed by atoms with Gasteiger partial charge in [-0.3, -0.25) is 13.1 Å². The molecule has 1 radical (unpaired) electrons. The Morgan fingerprint density at radius 1 is 0.688 bits per heavy atom. The molecule has 2 rings (SSSR count). The zero-order valence-corrected chi connectivity index (χ0v) is 26.7. The van der Waals surface area contributed by atoms with Gasteiger partial charge in [-0.1, -0.05) is 41.5 Å². The quantitative estimate of drug-likeness (QED) is 0.414. The SMILES string of the molecule is C[CH-]NC(C)C(C)[CH-]N1C(C)(C)C(C)(C)c2c(C)c(C)c(C)c(C)c2C(C)(C)C1(C)C.[Y]. The van der Waals surface area contributed by atoms with Crippen LogP contribution in [0, 0.1) is 46.7 Å². The molecule has 0 aromatic heterocycles. The summed E-state index contributed by atoms with van der Waals surface area (Å²) in [6.07, 6.45) is 0. The van der Waals surface area contributed by atoms with E-state index >= 15 is 0 Å². The first-order chi connectivity index (χ1) is 13.9. The Labute approximate surface area is 226 Å². The van der Waals surface area contributed by atoms with E-state index in [0.717, 1.165) is 0 Å². The first-order valence-electron chi connectivity index (χ1n) is 12.2. The van der Waals surface area contributed by atoms with E-state index < -0.39 is 0 Å². The Kier molecular flexibility index (Phi) is 9.19. The van der Waals surface area contributed by atoms with Crippen LogP contribution in [0.1, 0.15) is 110 Å². The second kappa shape index (κ2) is 9.71. The predicted molar refractivity (Wildman–Crippen MR) is 137 cm³/mol. The van der Waals surface area contributed by atoms with Crippen molar-refractivity contribution >= 4 is 0 Å². The fourth-order valence-corrected chi connectivity index (χ4v) is 5.94. The van der Waals surface area contributed by atoms with Gasteiger partial charge in [-0.25, -0.2) is 0 Å². The van der Waals surface area contributed by atoms with Crippen molar-refractivity contribution in [1.82, 2.24) is 10.2 Å². The van der Waals surface area contributed by atoms with Crippen LogP contribution >= 0.6 is 0 Å². The van der Waals surface area contributed by atoms with E-state index in [1.807, 2.05) is 0 Å². The first-order valence-corrected chi connectivity index (χ1v) is 12.2. The van der Waals surface area contributed by atoms with E-state index in [1.54, 1.807) is 11.1 Å². The second-order valence-corrected chi connectivity index (χ2v) is 12.2. The van der Waals surface area contributed by atoms with Crippen LogP contribution in [0.25, 0.3) is 0 Å². The first kappa shape index (κ1) is 30.3. The van der Waals surface area contributed by atoms with Gasteiger partial charge >= 0.3 is 0 Å². The van der Waals surface area contributed by atoms with E-state index in [2.05, 4.69) is 127 Å². The number of hydrogen-bond acceptors (Lipinski definition) is 2. The largest absolute Gasteiger partial charge is 0.470 e. The molecule has 2 atom stereocenters. The minimum atomic E-state index is -0.0676. The van der Waals surface area contributed by atoms with Crippen molar-refractivity contribution < 1.29 is 32.7 Å². The number of hydrogen-bond donors (Lipinski definition) is 1. The van der Waals surface area contributed by atoms with E-state index in [-0.39, 0.29) is 54.6 Å². The van der Waals surface area contributed by atoms with Crippen molar-refractivity contribution in [2.24, 2.45) is 5.92 Å². The maximum absolute atomic E-state index is 3.51. The van der Waals surface area contributed by atoms with Crippen molar-refractivity contribution in [1.29, 1.82) is 0 Å². The maximum Gasteiger partial charge on any atom is 0.00576 e. The van der Waals surface area contributed by atoms with Crippen molar-refractivity contribution in [3.8, 4) is 0 Å². The maximum atomic E-state index is 3.51. The topological polar surface area (TPSA) is 15.3 Å². The van der Waals surface area contributed by atoms with E-state index in [4.69, 9.17) is 0 Å². The van der Waals surface area contributed by atoms with Gasteiger partial charge < -0.3 is 10.2 Å². The molecule has 0 fully saturated rings. The number of fused-ring (bicyclic) bond motifs is 1. The van der Waals surface area contributed by atoms with Crippen LogP contribution in [-0.4, -0.2) is 22.0 Å². The number of nitrogens with zero attached hydrogens (tertiary/aromatic N) is 1. The molecule has 181 valence electrons. The van der Waals surface area contributed by atoms with Crippen LogP contribution in [0.3, 0.4) is 0 Å². The van der Waals surface area contributed by atoms with Crippen LogP contribution in [0.5, 0.6) is 0 Å². The molecule has 0 amide bonds. The number of rotatable bonds is 5. The number of benzene rings is 1. The molecule has 1 aliphatic heterocycles. The molecule has 1 heterocycles. The molecule has 0 bridgehead atoms. The molecular formula is C29H50N2Y-2. The van der Waals surface area contributed by atoms with Crippen molar-refractivity contribution in [3.05, 3.63) is 46.5 Å². The fourth-order valence-electron chi connectivity index (χ4n) is 5.94. The summed E-state index contributed by atoms with van der Waals surface area (Å²) in [7, 11) is 0. The minimum absolute atomic E-state index is 0. The summed E-state index contributed by atoms with van der Waals surface area (Å²) >= 11 is 0. The third kappa shape index (κ3) is 4.33. The molecular weight excluding hydrogens is 465 g/mol. The van der Waals surface area contributed by atoms with Gasteiger partial charge in [0.25, 0.3) is 0 Å². The molecule has 2 nitrogen and oxygen atoms in total. The standard InChI is InChI=1S/C29H50N2.Y/c1-16-30-23(7)18(2)17-31-28(12,13)26(8,9)24-21(5)19(3)20(4)22(6)25(24)27(10,11)29(31,14)15;/h16-18,23,30H,1-15H3;/q-2;. The zero-order chi connectivity index (χ0) is 24.3. The Morgan fingerprint density at radius 2 is 1.03 bits per heavy atom. The normalized spacial score (nSPS) is 23.0. The van der Waals surface area contributed by atoms with Gasteiger partial charge in [-0.2, -0.15) is 6.92 Å². The molecule has 1 aromatic carbocycles. The second-order valence-electron chi connectivity index (χ2n) is 12.2. The molecule has 1 N–H and O–H groups in total. The van der Waals surface area contributed by atoms with Crippen molar-refractivity contribution in [2.45, 2.75) is 132 Å². The van der Waals surface area contributed by atoms with Gasteiger partial charge in [0.2, 0.25) is 0 Å². The van der Waals surface area contributed by atoms with Gasteiger partial charge in [0.15, 0.2) is 0 Å². The average Bonchev–Trinajstić information content (AvgIpc) is 2.67. The summed E-state index contributed by atoms with van der Waals surface area (Å²) in [5, 5.41) is 3.51. The minimum Gasteiger partial charge on any atom is -0.470 e. The monoisotopic (exact) mass is 515 g/mol. The van der Waals surface area contributed by atoms with Gasteiger partial charge in [0, 0.05) is 43.5 Å². The molecule has 32 heavy (non-hydrogen) atoms. The Hall–Kier alpha value is 0.244. The van der Waals surface area contributed by atoms with E-state index in [0.29, 0.717) is 12.0 Å². The molecule has 0 aliphatic carbocycles. The third-order valence-electron chi connectivity index (χ3n) is 9.80. The van der Waals surface area contributed by atoms with Crippen LogP contribution in [-0.2, 0) is 43.5 Å². The van der Waals surface area contributed by atoms with Gasteiger partial charge in [-0.05, 0) is 106 Å². The third-order valence-corrected chi connectivity index (χ3v) is 9.80. The summed E-state index contributed by atoms with van der Waals surface area (Å²) in [4.78, 5) is 2.72. The summed E-state index contributed by atoms with van der Waals surface area (Å²) in [5.41, 5.74) is 8.81. The predicted octanol–water partition coefficient (Wildman–Crippen LogP) is 7.30. The van der Waals surface area contributed by atoms with Gasteiger partial charge in [-0.15, -0.1) is 5.92 Å². The Balaban J connectivity index is 0.00000512. The number of nitrogens with one attached hydrogen (secondary N) is 1. The smallest absolute Gasteiger partial charge is 0.00576 e. The molecule has 0 saturated carbocycles. The van der Waals surface area contributed by atoms with Crippen LogP contribution < -0.4 is 5.32 Å². The van der Waals surface area contributed by atoms with E-state index in [1.165, 1.54) is 22.3 Å². The Bertz CT molecular complexity index is 773.